The van der Waals surface area contributed by atoms with Gasteiger partial charge in [0.25, 0.3) is 0 Å². The molecule has 4 rings (SSSR count). The van der Waals surface area contributed by atoms with Crippen molar-refractivity contribution >= 4 is 27.0 Å². The largest absolute Gasteiger partial charge is 0.469 e. The van der Waals surface area contributed by atoms with E-state index in [0.29, 0.717) is 12.2 Å². The number of hydrogen-bond acceptors (Lipinski definition) is 5. The number of aryl methyl sites for hydroxylation is 1. The van der Waals surface area contributed by atoms with Gasteiger partial charge in [-0.3, -0.25) is 4.79 Å². The van der Waals surface area contributed by atoms with E-state index in [-0.39, 0.29) is 30.4 Å². The molecule has 0 aliphatic carbocycles. The Hall–Kier alpha value is -3.42. The normalized spacial score (nSPS) is 11.7. The molecule has 0 saturated heterocycles. The highest BCUT2D eigenvalue weighted by Crippen LogP contribution is 2.25. The van der Waals surface area contributed by atoms with Crippen molar-refractivity contribution in [1.82, 2.24) is 4.31 Å². The summed E-state index contributed by atoms with van der Waals surface area (Å²) in [6.45, 7) is 0.263. The summed E-state index contributed by atoms with van der Waals surface area (Å²) in [6.07, 6.45) is 0.792. The van der Waals surface area contributed by atoms with Crippen LogP contribution in [0.2, 0.25) is 0 Å². The minimum atomic E-state index is -3.78. The quantitative estimate of drug-likeness (QED) is 0.329. The second-order valence-electron chi connectivity index (χ2n) is 7.73. The van der Waals surface area contributed by atoms with Crippen LogP contribution in [0.4, 0.5) is 0 Å². The number of carbonyl (C=O) groups is 1. The average Bonchev–Trinajstić information content (AvgIpc) is 3.25. The second-order valence-corrected chi connectivity index (χ2v) is 9.67. The van der Waals surface area contributed by atoms with Gasteiger partial charge in [-0.15, -0.1) is 0 Å². The number of benzene rings is 3. The summed E-state index contributed by atoms with van der Waals surface area (Å²) in [4.78, 5) is 11.7. The number of para-hydroxylation sites is 1. The van der Waals surface area contributed by atoms with Gasteiger partial charge < -0.3 is 9.15 Å². The van der Waals surface area contributed by atoms with E-state index in [2.05, 4.69) is 0 Å². The van der Waals surface area contributed by atoms with Crippen molar-refractivity contribution in [2.45, 2.75) is 30.8 Å². The van der Waals surface area contributed by atoms with Crippen LogP contribution in [0.5, 0.6) is 0 Å². The highest BCUT2D eigenvalue weighted by molar-refractivity contribution is 7.89. The van der Waals surface area contributed by atoms with Crippen LogP contribution in [0, 0.1) is 0 Å². The molecule has 0 atom stereocenters. The molecule has 170 valence electrons. The SMILES string of the molecule is COC(=O)CCc1cccc(CN(Cc2cc3ccccc3o2)S(=O)(=O)c2ccccc2)c1. The third-order valence-corrected chi connectivity index (χ3v) is 7.19. The maximum atomic E-state index is 13.5. The van der Waals surface area contributed by atoms with Crippen LogP contribution in [0.25, 0.3) is 11.0 Å². The number of nitrogens with zero attached hydrogens (tertiary/aromatic N) is 1. The molecule has 6 nitrogen and oxygen atoms in total. The zero-order chi connectivity index (χ0) is 23.3. The minimum Gasteiger partial charge on any atom is -0.469 e. The van der Waals surface area contributed by atoms with Crippen LogP contribution < -0.4 is 0 Å². The number of fused-ring (bicyclic) bond motifs is 1. The molecule has 7 heteroatoms. The number of rotatable bonds is 9. The third kappa shape index (κ3) is 5.50. The Kier molecular flexibility index (Phi) is 6.91. The van der Waals surface area contributed by atoms with E-state index in [0.717, 1.165) is 22.1 Å². The zero-order valence-corrected chi connectivity index (χ0v) is 19.1. The molecule has 0 bridgehead atoms. The number of esters is 1. The van der Waals surface area contributed by atoms with E-state index >= 15 is 0 Å². The predicted octanol–water partition coefficient (Wildman–Crippen LogP) is 4.93. The lowest BCUT2D eigenvalue weighted by Gasteiger charge is -2.22. The molecule has 0 aliphatic rings. The Morgan fingerprint density at radius 2 is 1.61 bits per heavy atom. The van der Waals surface area contributed by atoms with Gasteiger partial charge in [0.05, 0.1) is 18.6 Å². The monoisotopic (exact) mass is 463 g/mol. The molecule has 0 radical (unpaired) electrons. The number of furan rings is 1. The summed E-state index contributed by atoms with van der Waals surface area (Å²) in [6, 6.07) is 25.4. The van der Waals surface area contributed by atoms with Crippen molar-refractivity contribution in [2.24, 2.45) is 0 Å². The number of sulfonamides is 1. The van der Waals surface area contributed by atoms with Crippen molar-refractivity contribution in [1.29, 1.82) is 0 Å². The topological polar surface area (TPSA) is 76.8 Å². The van der Waals surface area contributed by atoms with E-state index in [4.69, 9.17) is 9.15 Å². The Bertz CT molecular complexity index is 1310. The smallest absolute Gasteiger partial charge is 0.305 e. The van der Waals surface area contributed by atoms with E-state index in [1.165, 1.54) is 11.4 Å². The number of carbonyl (C=O) groups excluding carboxylic acids is 1. The second kappa shape index (κ2) is 10.0. The molecule has 0 saturated carbocycles. The molecular weight excluding hydrogens is 438 g/mol. The number of hydrogen-bond donors (Lipinski definition) is 0. The maximum absolute atomic E-state index is 13.5. The first-order chi connectivity index (χ1) is 16.0. The lowest BCUT2D eigenvalue weighted by atomic mass is 10.1. The van der Waals surface area contributed by atoms with Gasteiger partial charge in [-0.05, 0) is 41.8 Å². The van der Waals surface area contributed by atoms with E-state index < -0.39 is 10.0 Å². The molecule has 4 aromatic rings. The van der Waals surface area contributed by atoms with Gasteiger partial charge in [-0.25, -0.2) is 8.42 Å². The van der Waals surface area contributed by atoms with Gasteiger partial charge in [0.1, 0.15) is 11.3 Å². The molecule has 33 heavy (non-hydrogen) atoms. The Morgan fingerprint density at radius 1 is 0.879 bits per heavy atom. The molecule has 0 fully saturated rings. The zero-order valence-electron chi connectivity index (χ0n) is 18.3. The van der Waals surface area contributed by atoms with Crippen LogP contribution in [0.1, 0.15) is 23.3 Å². The molecule has 0 spiro atoms. The van der Waals surface area contributed by atoms with Crippen LogP contribution >= 0.6 is 0 Å². The molecule has 0 N–H and O–H groups in total. The summed E-state index contributed by atoms with van der Waals surface area (Å²) in [5.41, 5.74) is 2.49. The van der Waals surface area contributed by atoms with Gasteiger partial charge in [0.15, 0.2) is 0 Å². The average molecular weight is 464 g/mol. The standard InChI is InChI=1S/C26H25NO5S/c1-31-26(28)15-14-20-8-7-9-21(16-20)18-27(33(29,30)24-11-3-2-4-12-24)19-23-17-22-10-5-6-13-25(22)32-23/h2-13,16-17H,14-15,18-19H2,1H3. The van der Waals surface area contributed by atoms with Crippen LogP contribution in [0.15, 0.2) is 94.2 Å². The fraction of sp³-hybridized carbons (Fsp3) is 0.192. The van der Waals surface area contributed by atoms with Gasteiger partial charge >= 0.3 is 5.97 Å². The van der Waals surface area contributed by atoms with Crippen molar-refractivity contribution in [2.75, 3.05) is 7.11 Å². The first-order valence-electron chi connectivity index (χ1n) is 10.6. The number of methoxy groups -OCH3 is 1. The van der Waals surface area contributed by atoms with E-state index in [1.54, 1.807) is 30.3 Å². The van der Waals surface area contributed by atoms with Crippen molar-refractivity contribution in [3.05, 3.63) is 102 Å². The molecule has 0 aliphatic heterocycles. The van der Waals surface area contributed by atoms with Crippen LogP contribution in [-0.4, -0.2) is 25.8 Å². The van der Waals surface area contributed by atoms with Crippen molar-refractivity contribution < 1.29 is 22.4 Å². The summed E-state index contributed by atoms with van der Waals surface area (Å²) in [5.74, 6) is 0.288. The highest BCUT2D eigenvalue weighted by Gasteiger charge is 2.26. The van der Waals surface area contributed by atoms with E-state index in [9.17, 15) is 13.2 Å². The molecule has 3 aromatic carbocycles. The summed E-state index contributed by atoms with van der Waals surface area (Å²) >= 11 is 0. The molecule has 0 unspecified atom stereocenters. The number of ether oxygens (including phenoxy) is 1. The Morgan fingerprint density at radius 3 is 2.36 bits per heavy atom. The maximum Gasteiger partial charge on any atom is 0.305 e. The lowest BCUT2D eigenvalue weighted by molar-refractivity contribution is -0.140. The van der Waals surface area contributed by atoms with Crippen molar-refractivity contribution in [3.63, 3.8) is 0 Å². The van der Waals surface area contributed by atoms with Gasteiger partial charge in [0.2, 0.25) is 10.0 Å². The fourth-order valence-electron chi connectivity index (χ4n) is 3.69. The summed E-state index contributed by atoms with van der Waals surface area (Å²) in [5, 5.41) is 0.925. The summed E-state index contributed by atoms with van der Waals surface area (Å²) in [7, 11) is -2.41. The van der Waals surface area contributed by atoms with Crippen molar-refractivity contribution in [3.8, 4) is 0 Å². The first kappa shape index (κ1) is 22.8. The Balaban J connectivity index is 1.63. The van der Waals surface area contributed by atoms with Gasteiger partial charge in [-0.2, -0.15) is 4.31 Å². The van der Waals surface area contributed by atoms with E-state index in [1.807, 2.05) is 54.6 Å². The first-order valence-corrected chi connectivity index (χ1v) is 12.1. The predicted molar refractivity (Wildman–Crippen MR) is 126 cm³/mol. The van der Waals surface area contributed by atoms with Gasteiger partial charge in [-0.1, -0.05) is 60.7 Å². The molecule has 1 heterocycles. The lowest BCUT2D eigenvalue weighted by Crippen LogP contribution is -2.30. The van der Waals surface area contributed by atoms with Crippen LogP contribution in [0.3, 0.4) is 0 Å². The van der Waals surface area contributed by atoms with Crippen LogP contribution in [-0.2, 0) is 39.1 Å². The molecule has 1 aromatic heterocycles. The summed E-state index contributed by atoms with van der Waals surface area (Å²) < 4.78 is 39.1. The van der Waals surface area contributed by atoms with Gasteiger partial charge in [0, 0.05) is 18.4 Å². The molecule has 0 amide bonds. The fourth-order valence-corrected chi connectivity index (χ4v) is 5.11. The highest BCUT2D eigenvalue weighted by atomic mass is 32.2. The Labute approximate surface area is 193 Å². The molecular formula is C26H25NO5S. The minimum absolute atomic E-state index is 0.0955. The third-order valence-electron chi connectivity index (χ3n) is 5.39.